The fourth-order valence-electron chi connectivity index (χ4n) is 4.09. The van der Waals surface area contributed by atoms with Crippen molar-refractivity contribution in [2.24, 2.45) is 0 Å². The van der Waals surface area contributed by atoms with Crippen LogP contribution in [0.3, 0.4) is 0 Å². The Balaban J connectivity index is 1.64. The van der Waals surface area contributed by atoms with Crippen LogP contribution in [0.15, 0.2) is 39.7 Å². The van der Waals surface area contributed by atoms with Gasteiger partial charge in [-0.3, -0.25) is 9.69 Å². The summed E-state index contributed by atoms with van der Waals surface area (Å²) >= 11 is 0. The number of benzene rings is 1. The molecule has 1 fully saturated rings. The minimum Gasteiger partial charge on any atom is -0.497 e. The third kappa shape index (κ3) is 4.83. The maximum atomic E-state index is 12.9. The molecule has 0 N–H and O–H groups in total. The van der Waals surface area contributed by atoms with Crippen molar-refractivity contribution in [3.63, 3.8) is 0 Å². The lowest BCUT2D eigenvalue weighted by Gasteiger charge is -2.35. The zero-order chi connectivity index (χ0) is 23.4. The van der Waals surface area contributed by atoms with Crippen molar-refractivity contribution in [1.82, 2.24) is 14.9 Å². The van der Waals surface area contributed by atoms with E-state index < -0.39 is 5.63 Å². The second kappa shape index (κ2) is 9.99. The van der Waals surface area contributed by atoms with Gasteiger partial charge in [-0.15, -0.1) is 0 Å². The van der Waals surface area contributed by atoms with Crippen LogP contribution < -0.4 is 15.3 Å². The second-order valence-electron chi connectivity index (χ2n) is 7.78. The molecule has 0 spiro atoms. The molecule has 0 atom stereocenters. The van der Waals surface area contributed by atoms with E-state index in [4.69, 9.17) is 13.9 Å². The maximum Gasteiger partial charge on any atom is 0.347 e. The highest BCUT2D eigenvalue weighted by atomic mass is 16.5. The molecule has 0 saturated carbocycles. The Morgan fingerprint density at radius 3 is 2.67 bits per heavy atom. The smallest absolute Gasteiger partial charge is 0.347 e. The normalized spacial score (nSPS) is 14.5. The van der Waals surface area contributed by atoms with Gasteiger partial charge in [0.1, 0.15) is 11.6 Å². The van der Waals surface area contributed by atoms with Crippen molar-refractivity contribution in [3.8, 4) is 17.2 Å². The molecular formula is C24H28N4O5. The second-order valence-corrected chi connectivity index (χ2v) is 7.78. The van der Waals surface area contributed by atoms with Crippen LogP contribution in [0.25, 0.3) is 22.4 Å². The molecule has 0 radical (unpaired) electrons. The number of fused-ring (bicyclic) bond motifs is 1. The summed E-state index contributed by atoms with van der Waals surface area (Å²) in [6.45, 7) is 7.18. The Hall–Kier alpha value is -3.46. The Labute approximate surface area is 191 Å². The summed E-state index contributed by atoms with van der Waals surface area (Å²) in [6.07, 6.45) is 2.37. The predicted molar refractivity (Wildman–Crippen MR) is 125 cm³/mol. The summed E-state index contributed by atoms with van der Waals surface area (Å²) in [5.74, 6) is 1.35. The van der Waals surface area contributed by atoms with E-state index in [1.807, 2.05) is 19.1 Å². The first-order valence-corrected chi connectivity index (χ1v) is 11.1. The zero-order valence-corrected chi connectivity index (χ0v) is 19.2. The maximum absolute atomic E-state index is 12.9. The van der Waals surface area contributed by atoms with Crippen molar-refractivity contribution in [3.05, 3.63) is 46.4 Å². The lowest BCUT2D eigenvalue weighted by atomic mass is 10.1. The van der Waals surface area contributed by atoms with E-state index in [1.165, 1.54) is 0 Å². The molecule has 174 valence electrons. The highest BCUT2D eigenvalue weighted by Crippen LogP contribution is 2.30. The number of hydrogen-bond acceptors (Lipinski definition) is 9. The van der Waals surface area contributed by atoms with Crippen LogP contribution in [-0.4, -0.2) is 67.3 Å². The number of aryl methyl sites for hydroxylation is 1. The first kappa shape index (κ1) is 22.7. The topological polar surface area (TPSA) is 98.0 Å². The van der Waals surface area contributed by atoms with Crippen LogP contribution in [0.1, 0.15) is 19.4 Å². The number of esters is 1. The van der Waals surface area contributed by atoms with Crippen molar-refractivity contribution in [2.45, 2.75) is 20.3 Å². The standard InChI is InChI=1S/C24H28N4O5/c1-4-16-13-17(31-3)14-19-21(16)24(30)33-23(26-19)18-7-6-8-25-22(18)28-11-9-27(10-12-28)15-20(29)32-5-2/h6-8,13-14H,4-5,9-12,15H2,1-3H3. The van der Waals surface area contributed by atoms with E-state index in [0.717, 1.165) is 5.56 Å². The molecular weight excluding hydrogens is 424 g/mol. The minimum absolute atomic E-state index is 0.214. The van der Waals surface area contributed by atoms with Crippen LogP contribution >= 0.6 is 0 Å². The van der Waals surface area contributed by atoms with Crippen molar-refractivity contribution >= 4 is 22.7 Å². The van der Waals surface area contributed by atoms with Crippen molar-refractivity contribution in [2.75, 3.05) is 51.3 Å². The molecule has 1 aromatic carbocycles. The zero-order valence-electron chi connectivity index (χ0n) is 19.2. The summed E-state index contributed by atoms with van der Waals surface area (Å²) in [6, 6.07) is 7.24. The van der Waals surface area contributed by atoms with Gasteiger partial charge in [0, 0.05) is 38.4 Å². The van der Waals surface area contributed by atoms with Gasteiger partial charge < -0.3 is 18.8 Å². The van der Waals surface area contributed by atoms with Gasteiger partial charge in [0.2, 0.25) is 5.89 Å². The molecule has 3 aromatic rings. The van der Waals surface area contributed by atoms with E-state index in [0.29, 0.717) is 67.2 Å². The number of carbonyl (C=O) groups excluding carboxylic acids is 1. The van der Waals surface area contributed by atoms with Crippen molar-refractivity contribution < 1.29 is 18.7 Å². The highest BCUT2D eigenvalue weighted by molar-refractivity contribution is 5.84. The van der Waals surface area contributed by atoms with Gasteiger partial charge in [-0.2, -0.15) is 0 Å². The average molecular weight is 453 g/mol. The van der Waals surface area contributed by atoms with E-state index >= 15 is 0 Å². The molecule has 1 aliphatic rings. The third-order valence-electron chi connectivity index (χ3n) is 5.75. The number of methoxy groups -OCH3 is 1. The Bertz CT molecular complexity index is 1200. The van der Waals surface area contributed by atoms with Crippen LogP contribution in [0.5, 0.6) is 5.75 Å². The number of anilines is 1. The quantitative estimate of drug-likeness (QED) is 0.501. The highest BCUT2D eigenvalue weighted by Gasteiger charge is 2.24. The summed E-state index contributed by atoms with van der Waals surface area (Å²) in [4.78, 5) is 38.1. The third-order valence-corrected chi connectivity index (χ3v) is 5.75. The molecule has 0 amide bonds. The molecule has 3 heterocycles. The van der Waals surface area contributed by atoms with Crippen LogP contribution in [0.4, 0.5) is 5.82 Å². The van der Waals surface area contributed by atoms with Gasteiger partial charge in [0.05, 0.1) is 36.7 Å². The molecule has 33 heavy (non-hydrogen) atoms. The summed E-state index contributed by atoms with van der Waals surface area (Å²) < 4.78 is 16.1. The molecule has 9 nitrogen and oxygen atoms in total. The van der Waals surface area contributed by atoms with Gasteiger partial charge in [0.15, 0.2) is 0 Å². The van der Waals surface area contributed by atoms with E-state index in [1.54, 1.807) is 32.4 Å². The number of pyridine rings is 1. The number of hydrogen-bond donors (Lipinski definition) is 0. The fraction of sp³-hybridized carbons (Fsp3) is 0.417. The van der Waals surface area contributed by atoms with Gasteiger partial charge >= 0.3 is 11.6 Å². The lowest BCUT2D eigenvalue weighted by molar-refractivity contribution is -0.144. The Kier molecular flexibility index (Phi) is 6.88. The Morgan fingerprint density at radius 2 is 1.97 bits per heavy atom. The molecule has 0 bridgehead atoms. The van der Waals surface area contributed by atoms with Gasteiger partial charge in [-0.1, -0.05) is 6.92 Å². The average Bonchev–Trinajstić information content (AvgIpc) is 2.83. The molecule has 4 rings (SSSR count). The number of nitrogens with zero attached hydrogens (tertiary/aromatic N) is 4. The molecule has 2 aromatic heterocycles. The van der Waals surface area contributed by atoms with E-state index in [2.05, 4.69) is 19.8 Å². The lowest BCUT2D eigenvalue weighted by Crippen LogP contribution is -2.48. The molecule has 1 aliphatic heterocycles. The van der Waals surface area contributed by atoms with Crippen LogP contribution in [-0.2, 0) is 16.0 Å². The largest absolute Gasteiger partial charge is 0.497 e. The van der Waals surface area contributed by atoms with E-state index in [9.17, 15) is 9.59 Å². The number of carbonyl (C=O) groups is 1. The molecule has 0 aliphatic carbocycles. The van der Waals surface area contributed by atoms with Gasteiger partial charge in [-0.25, -0.2) is 14.8 Å². The number of ether oxygens (including phenoxy) is 2. The summed E-state index contributed by atoms with van der Waals surface area (Å²) in [5.41, 5.74) is 1.59. The fourth-order valence-corrected chi connectivity index (χ4v) is 4.09. The SMILES string of the molecule is CCOC(=O)CN1CCN(c2ncccc2-c2nc3cc(OC)cc(CC)c3c(=O)o2)CC1. The number of aromatic nitrogens is 2. The van der Waals surface area contributed by atoms with E-state index in [-0.39, 0.29) is 18.4 Å². The predicted octanol–water partition coefficient (Wildman–Crippen LogP) is 2.51. The van der Waals surface area contributed by atoms with Gasteiger partial charge in [-0.05, 0) is 37.1 Å². The first-order valence-electron chi connectivity index (χ1n) is 11.1. The minimum atomic E-state index is -0.427. The first-order chi connectivity index (χ1) is 16.0. The van der Waals surface area contributed by atoms with Crippen LogP contribution in [0, 0.1) is 0 Å². The van der Waals surface area contributed by atoms with Crippen LogP contribution in [0.2, 0.25) is 0 Å². The Morgan fingerprint density at radius 1 is 1.18 bits per heavy atom. The molecule has 1 saturated heterocycles. The monoisotopic (exact) mass is 452 g/mol. The summed E-state index contributed by atoms with van der Waals surface area (Å²) in [5, 5.41) is 0.472. The number of rotatable bonds is 7. The van der Waals surface area contributed by atoms with Crippen molar-refractivity contribution in [1.29, 1.82) is 0 Å². The van der Waals surface area contributed by atoms with Gasteiger partial charge in [0.25, 0.3) is 0 Å². The molecule has 0 unspecified atom stereocenters. The molecule has 9 heteroatoms. The number of piperazine rings is 1. The summed E-state index contributed by atoms with van der Waals surface area (Å²) in [7, 11) is 1.59.